The SMILES string of the molecule is CCn1nc(-c2ccc(OCCCCl)cc2)ccc1=O. The van der Waals surface area contributed by atoms with Crippen molar-refractivity contribution in [1.82, 2.24) is 9.78 Å². The normalized spacial score (nSPS) is 10.5. The van der Waals surface area contributed by atoms with Gasteiger partial charge in [0.2, 0.25) is 0 Å². The summed E-state index contributed by atoms with van der Waals surface area (Å²) in [6.07, 6.45) is 0.826. The fourth-order valence-electron chi connectivity index (χ4n) is 1.80. The molecule has 0 bridgehead atoms. The van der Waals surface area contributed by atoms with Gasteiger partial charge in [0.25, 0.3) is 5.56 Å². The van der Waals surface area contributed by atoms with E-state index in [9.17, 15) is 4.79 Å². The molecule has 1 aromatic carbocycles. The Balaban J connectivity index is 2.15. The quantitative estimate of drug-likeness (QED) is 0.607. The number of benzene rings is 1. The van der Waals surface area contributed by atoms with E-state index in [-0.39, 0.29) is 5.56 Å². The topological polar surface area (TPSA) is 44.1 Å². The molecule has 0 unspecified atom stereocenters. The van der Waals surface area contributed by atoms with Crippen LogP contribution in [-0.2, 0) is 6.54 Å². The van der Waals surface area contributed by atoms with Crippen LogP contribution in [0.15, 0.2) is 41.2 Å². The summed E-state index contributed by atoms with van der Waals surface area (Å²) in [6.45, 7) is 3.07. The lowest BCUT2D eigenvalue weighted by atomic mass is 10.1. The molecule has 0 aliphatic rings. The van der Waals surface area contributed by atoms with Gasteiger partial charge in [0.15, 0.2) is 0 Å². The van der Waals surface area contributed by atoms with Crippen LogP contribution in [0.2, 0.25) is 0 Å². The zero-order valence-corrected chi connectivity index (χ0v) is 12.1. The van der Waals surface area contributed by atoms with E-state index in [1.165, 1.54) is 10.7 Å². The maximum Gasteiger partial charge on any atom is 0.266 e. The van der Waals surface area contributed by atoms with Gasteiger partial charge >= 0.3 is 0 Å². The molecule has 106 valence electrons. The number of aromatic nitrogens is 2. The minimum atomic E-state index is -0.0859. The van der Waals surface area contributed by atoms with Crippen LogP contribution in [0.1, 0.15) is 13.3 Å². The van der Waals surface area contributed by atoms with Crippen molar-refractivity contribution in [3.63, 3.8) is 0 Å². The summed E-state index contributed by atoms with van der Waals surface area (Å²) in [6, 6.07) is 10.9. The molecular formula is C15H17ClN2O2. The van der Waals surface area contributed by atoms with Gasteiger partial charge in [-0.05, 0) is 43.7 Å². The molecule has 1 heterocycles. The predicted molar refractivity (Wildman–Crippen MR) is 80.4 cm³/mol. The van der Waals surface area contributed by atoms with Gasteiger partial charge in [-0.3, -0.25) is 4.79 Å². The lowest BCUT2D eigenvalue weighted by molar-refractivity contribution is 0.318. The first-order chi connectivity index (χ1) is 9.74. The fourth-order valence-corrected chi connectivity index (χ4v) is 1.91. The van der Waals surface area contributed by atoms with Crippen LogP contribution in [-0.4, -0.2) is 22.3 Å². The Hall–Kier alpha value is -1.81. The molecule has 0 amide bonds. The van der Waals surface area contributed by atoms with Crippen LogP contribution in [0.5, 0.6) is 5.75 Å². The van der Waals surface area contributed by atoms with Gasteiger partial charge < -0.3 is 4.74 Å². The van der Waals surface area contributed by atoms with Gasteiger partial charge in [-0.2, -0.15) is 5.10 Å². The standard InChI is InChI=1S/C15H17ClN2O2/c1-2-18-15(19)9-8-14(17-18)12-4-6-13(7-5-12)20-11-3-10-16/h4-9H,2-3,10-11H2,1H3. The second kappa shape index (κ2) is 7.10. The third-order valence-electron chi connectivity index (χ3n) is 2.86. The van der Waals surface area contributed by atoms with E-state index in [0.717, 1.165) is 23.4 Å². The van der Waals surface area contributed by atoms with Crippen molar-refractivity contribution in [3.8, 4) is 17.0 Å². The van der Waals surface area contributed by atoms with E-state index in [0.29, 0.717) is 19.0 Å². The Kier molecular flexibility index (Phi) is 5.18. The van der Waals surface area contributed by atoms with Crippen molar-refractivity contribution >= 4 is 11.6 Å². The van der Waals surface area contributed by atoms with Crippen LogP contribution in [0.3, 0.4) is 0 Å². The molecule has 0 N–H and O–H groups in total. The predicted octanol–water partition coefficient (Wildman–Crippen LogP) is 2.94. The summed E-state index contributed by atoms with van der Waals surface area (Å²) in [7, 11) is 0. The van der Waals surface area contributed by atoms with Crippen molar-refractivity contribution in [2.24, 2.45) is 0 Å². The highest BCUT2D eigenvalue weighted by molar-refractivity contribution is 6.17. The lowest BCUT2D eigenvalue weighted by Gasteiger charge is -2.07. The van der Waals surface area contributed by atoms with E-state index < -0.39 is 0 Å². The lowest BCUT2D eigenvalue weighted by Crippen LogP contribution is -2.20. The Morgan fingerprint density at radius 3 is 2.60 bits per heavy atom. The maximum atomic E-state index is 11.5. The summed E-state index contributed by atoms with van der Waals surface area (Å²) in [5, 5.41) is 4.31. The maximum absolute atomic E-state index is 11.5. The second-order valence-electron chi connectivity index (χ2n) is 4.29. The van der Waals surface area contributed by atoms with Crippen LogP contribution in [0.4, 0.5) is 0 Å². The largest absolute Gasteiger partial charge is 0.494 e. The number of hydrogen-bond acceptors (Lipinski definition) is 3. The molecule has 0 radical (unpaired) electrons. The Labute approximate surface area is 123 Å². The molecule has 0 aliphatic carbocycles. The highest BCUT2D eigenvalue weighted by Crippen LogP contribution is 2.20. The van der Waals surface area contributed by atoms with Crippen molar-refractivity contribution in [2.45, 2.75) is 19.9 Å². The molecule has 2 aromatic rings. The number of halogens is 1. The van der Waals surface area contributed by atoms with Crippen molar-refractivity contribution in [2.75, 3.05) is 12.5 Å². The van der Waals surface area contributed by atoms with E-state index in [1.807, 2.05) is 31.2 Å². The molecule has 0 spiro atoms. The molecule has 20 heavy (non-hydrogen) atoms. The molecular weight excluding hydrogens is 276 g/mol. The molecule has 0 aliphatic heterocycles. The zero-order valence-electron chi connectivity index (χ0n) is 11.4. The Morgan fingerprint density at radius 2 is 1.95 bits per heavy atom. The fraction of sp³-hybridized carbons (Fsp3) is 0.333. The van der Waals surface area contributed by atoms with Crippen LogP contribution in [0, 0.1) is 0 Å². The molecule has 1 aromatic heterocycles. The smallest absolute Gasteiger partial charge is 0.266 e. The summed E-state index contributed by atoms with van der Waals surface area (Å²) >= 11 is 5.60. The summed E-state index contributed by atoms with van der Waals surface area (Å²) in [5.74, 6) is 1.41. The number of aryl methyl sites for hydroxylation is 1. The molecule has 0 saturated carbocycles. The Bertz CT molecular complexity index is 608. The van der Waals surface area contributed by atoms with Gasteiger partial charge in [-0.1, -0.05) is 0 Å². The zero-order chi connectivity index (χ0) is 14.4. The second-order valence-corrected chi connectivity index (χ2v) is 4.67. The number of alkyl halides is 1. The first kappa shape index (κ1) is 14.6. The average Bonchev–Trinajstić information content (AvgIpc) is 2.49. The molecule has 0 fully saturated rings. The number of ether oxygens (including phenoxy) is 1. The third kappa shape index (κ3) is 3.61. The van der Waals surface area contributed by atoms with Crippen molar-refractivity contribution in [3.05, 3.63) is 46.8 Å². The number of nitrogens with zero attached hydrogens (tertiary/aromatic N) is 2. The van der Waals surface area contributed by atoms with Gasteiger partial charge in [-0.25, -0.2) is 4.68 Å². The van der Waals surface area contributed by atoms with Gasteiger partial charge in [0.1, 0.15) is 5.75 Å². The van der Waals surface area contributed by atoms with E-state index in [1.54, 1.807) is 6.07 Å². The summed E-state index contributed by atoms with van der Waals surface area (Å²) < 4.78 is 6.99. The van der Waals surface area contributed by atoms with Crippen LogP contribution < -0.4 is 10.3 Å². The first-order valence-corrected chi connectivity index (χ1v) is 7.15. The van der Waals surface area contributed by atoms with Crippen molar-refractivity contribution < 1.29 is 4.74 Å². The minimum Gasteiger partial charge on any atom is -0.494 e. The van der Waals surface area contributed by atoms with Crippen molar-refractivity contribution in [1.29, 1.82) is 0 Å². The highest BCUT2D eigenvalue weighted by atomic mass is 35.5. The number of hydrogen-bond donors (Lipinski definition) is 0. The van der Waals surface area contributed by atoms with Gasteiger partial charge in [-0.15, -0.1) is 11.6 Å². The molecule has 0 saturated heterocycles. The van der Waals surface area contributed by atoms with Crippen LogP contribution in [0.25, 0.3) is 11.3 Å². The van der Waals surface area contributed by atoms with Gasteiger partial charge in [0, 0.05) is 24.1 Å². The van der Waals surface area contributed by atoms with E-state index >= 15 is 0 Å². The van der Waals surface area contributed by atoms with E-state index in [2.05, 4.69) is 5.10 Å². The Morgan fingerprint density at radius 1 is 1.20 bits per heavy atom. The minimum absolute atomic E-state index is 0.0859. The molecule has 2 rings (SSSR count). The summed E-state index contributed by atoms with van der Waals surface area (Å²) in [4.78, 5) is 11.5. The first-order valence-electron chi connectivity index (χ1n) is 6.62. The molecule has 0 atom stereocenters. The van der Waals surface area contributed by atoms with Crippen LogP contribution >= 0.6 is 11.6 Å². The highest BCUT2D eigenvalue weighted by Gasteiger charge is 2.03. The van der Waals surface area contributed by atoms with E-state index in [4.69, 9.17) is 16.3 Å². The third-order valence-corrected chi connectivity index (χ3v) is 3.13. The molecule has 4 nitrogen and oxygen atoms in total. The van der Waals surface area contributed by atoms with Gasteiger partial charge in [0.05, 0.1) is 12.3 Å². The monoisotopic (exact) mass is 292 g/mol. The molecule has 5 heteroatoms. The average molecular weight is 293 g/mol. The summed E-state index contributed by atoms with van der Waals surface area (Å²) in [5.41, 5.74) is 1.65. The number of rotatable bonds is 6.